The summed E-state index contributed by atoms with van der Waals surface area (Å²) in [6, 6.07) is 17.4. The summed E-state index contributed by atoms with van der Waals surface area (Å²) in [4.78, 5) is 32.3. The summed E-state index contributed by atoms with van der Waals surface area (Å²) in [5.41, 5.74) is 2.79. The lowest BCUT2D eigenvalue weighted by atomic mass is 9.95. The number of aromatic nitrogens is 1. The van der Waals surface area contributed by atoms with E-state index in [4.69, 9.17) is 35.3 Å². The van der Waals surface area contributed by atoms with Gasteiger partial charge in [-0.1, -0.05) is 47.2 Å². The van der Waals surface area contributed by atoms with Crippen molar-refractivity contribution in [2.45, 2.75) is 26.5 Å². The van der Waals surface area contributed by atoms with Crippen LogP contribution in [0.3, 0.4) is 0 Å². The zero-order valence-electron chi connectivity index (χ0n) is 24.9. The van der Waals surface area contributed by atoms with Gasteiger partial charge in [-0.05, 0) is 73.0 Å². The fraction of sp³-hybridized carbons (Fsp3) is 0.242. The molecule has 0 saturated carbocycles. The first-order chi connectivity index (χ1) is 21.3. The highest BCUT2D eigenvalue weighted by Crippen LogP contribution is 2.36. The molecule has 9 nitrogen and oxygen atoms in total. The van der Waals surface area contributed by atoms with Crippen LogP contribution in [0.25, 0.3) is 6.08 Å². The molecule has 3 aromatic carbocycles. The predicted octanol–water partition coefficient (Wildman–Crippen LogP) is 5.06. The summed E-state index contributed by atoms with van der Waals surface area (Å²) in [6.45, 7) is 3.99. The molecule has 0 N–H and O–H groups in total. The predicted molar refractivity (Wildman–Crippen MR) is 169 cm³/mol. The van der Waals surface area contributed by atoms with Crippen LogP contribution in [0.4, 0.5) is 0 Å². The highest BCUT2D eigenvalue weighted by atomic mass is 35.5. The Labute approximate surface area is 263 Å². The van der Waals surface area contributed by atoms with Gasteiger partial charge in [0.1, 0.15) is 6.61 Å². The average molecular weight is 635 g/mol. The second-order valence-electron chi connectivity index (χ2n) is 9.74. The lowest BCUT2D eigenvalue weighted by molar-refractivity contribution is -0.139. The normalized spacial score (nSPS) is 14.5. The number of thiazole rings is 1. The number of methoxy groups -OCH3 is 3. The van der Waals surface area contributed by atoms with Crippen LogP contribution in [0.1, 0.15) is 36.6 Å². The van der Waals surface area contributed by atoms with Crippen LogP contribution in [-0.4, -0.2) is 38.5 Å². The molecule has 228 valence electrons. The molecule has 0 amide bonds. The molecule has 2 heterocycles. The molecule has 0 saturated heterocycles. The van der Waals surface area contributed by atoms with Gasteiger partial charge in [0.2, 0.25) is 0 Å². The first-order valence-corrected chi connectivity index (χ1v) is 14.9. The van der Waals surface area contributed by atoms with E-state index in [1.807, 2.05) is 30.3 Å². The third-order valence-electron chi connectivity index (χ3n) is 7.03. The second kappa shape index (κ2) is 13.4. The quantitative estimate of drug-likeness (QED) is 0.225. The summed E-state index contributed by atoms with van der Waals surface area (Å²) in [5.74, 6) is 1.53. The zero-order valence-corrected chi connectivity index (χ0v) is 26.5. The van der Waals surface area contributed by atoms with Crippen LogP contribution in [0.15, 0.2) is 81.7 Å². The van der Waals surface area contributed by atoms with E-state index in [0.717, 1.165) is 11.1 Å². The van der Waals surface area contributed by atoms with E-state index in [1.54, 1.807) is 64.5 Å². The smallest absolute Gasteiger partial charge is 0.338 e. The molecule has 5 rings (SSSR count). The van der Waals surface area contributed by atoms with E-state index >= 15 is 0 Å². The second-order valence-corrected chi connectivity index (χ2v) is 11.2. The molecule has 1 unspecified atom stereocenters. The van der Waals surface area contributed by atoms with Gasteiger partial charge in [-0.3, -0.25) is 9.36 Å². The number of carbonyl (C=O) groups excluding carboxylic acids is 1. The van der Waals surface area contributed by atoms with Crippen molar-refractivity contribution in [3.05, 3.63) is 113 Å². The number of carbonyl (C=O) groups is 1. The number of benzene rings is 3. The third-order valence-corrected chi connectivity index (χ3v) is 8.27. The maximum Gasteiger partial charge on any atom is 0.338 e. The van der Waals surface area contributed by atoms with Crippen molar-refractivity contribution >= 4 is 35.0 Å². The minimum absolute atomic E-state index is 0.180. The number of ether oxygens (including phenoxy) is 5. The molecule has 0 aliphatic carbocycles. The topological polar surface area (TPSA) is 97.6 Å². The van der Waals surface area contributed by atoms with E-state index in [-0.39, 0.29) is 17.7 Å². The van der Waals surface area contributed by atoms with E-state index in [1.165, 1.54) is 23.0 Å². The van der Waals surface area contributed by atoms with Crippen molar-refractivity contribution in [1.29, 1.82) is 0 Å². The summed E-state index contributed by atoms with van der Waals surface area (Å²) in [6.07, 6.45) is 1.77. The zero-order chi connectivity index (χ0) is 31.4. The third kappa shape index (κ3) is 6.22. The minimum atomic E-state index is -0.787. The lowest BCUT2D eigenvalue weighted by Gasteiger charge is -2.25. The number of rotatable bonds is 10. The van der Waals surface area contributed by atoms with Gasteiger partial charge < -0.3 is 23.7 Å². The van der Waals surface area contributed by atoms with Gasteiger partial charge in [0, 0.05) is 5.02 Å². The number of hydrogen-bond donors (Lipinski definition) is 0. The van der Waals surface area contributed by atoms with Crippen LogP contribution >= 0.6 is 22.9 Å². The Bertz CT molecular complexity index is 1910. The van der Waals surface area contributed by atoms with Crippen LogP contribution in [0.2, 0.25) is 5.02 Å². The van der Waals surface area contributed by atoms with Crippen molar-refractivity contribution in [1.82, 2.24) is 4.57 Å². The Morgan fingerprint density at radius 3 is 2.32 bits per heavy atom. The van der Waals surface area contributed by atoms with Crippen LogP contribution < -0.4 is 33.8 Å². The number of fused-ring (bicyclic) bond motifs is 1. The Kier molecular flexibility index (Phi) is 9.41. The van der Waals surface area contributed by atoms with Crippen molar-refractivity contribution in [3.8, 4) is 23.0 Å². The molecule has 0 bridgehead atoms. The molecule has 4 aromatic rings. The summed E-state index contributed by atoms with van der Waals surface area (Å²) in [5, 5.41) is 0.656. The molecule has 1 atom stereocenters. The number of nitrogens with zero attached hydrogens (tertiary/aromatic N) is 2. The van der Waals surface area contributed by atoms with E-state index in [0.29, 0.717) is 55.2 Å². The van der Waals surface area contributed by atoms with Crippen LogP contribution in [-0.2, 0) is 16.1 Å². The first-order valence-electron chi connectivity index (χ1n) is 13.7. The van der Waals surface area contributed by atoms with Crippen LogP contribution in [0.5, 0.6) is 23.0 Å². The molecular weight excluding hydrogens is 604 g/mol. The fourth-order valence-electron chi connectivity index (χ4n) is 4.92. The van der Waals surface area contributed by atoms with Gasteiger partial charge in [0.15, 0.2) is 27.8 Å². The number of esters is 1. The van der Waals surface area contributed by atoms with Crippen molar-refractivity contribution in [2.24, 2.45) is 4.99 Å². The molecule has 0 fully saturated rings. The largest absolute Gasteiger partial charge is 0.493 e. The number of hydrogen-bond acceptors (Lipinski definition) is 9. The van der Waals surface area contributed by atoms with Gasteiger partial charge in [0.05, 0.1) is 49.8 Å². The molecule has 1 aliphatic rings. The molecular formula is C33H31ClN2O7S. The molecule has 0 spiro atoms. The number of allylic oxidation sites excluding steroid dienone is 1. The Hall–Kier alpha value is -4.54. The highest BCUT2D eigenvalue weighted by molar-refractivity contribution is 7.07. The molecule has 1 aliphatic heterocycles. The molecule has 11 heteroatoms. The standard InChI is InChI=1S/C33H31ClN2O7S/c1-6-42-32(38)29-19(2)35-33-36(30(29)22-10-14-24(39-3)27(17-22)41-5)31(37)28(44-33)16-21-9-13-25(26(15-21)40-4)43-18-20-7-11-23(34)12-8-20/h7-17,30H,6,18H2,1-5H3. The molecule has 44 heavy (non-hydrogen) atoms. The van der Waals surface area contributed by atoms with Gasteiger partial charge >= 0.3 is 5.97 Å². The average Bonchev–Trinajstić information content (AvgIpc) is 3.33. The van der Waals surface area contributed by atoms with Gasteiger partial charge in [-0.2, -0.15) is 0 Å². The monoisotopic (exact) mass is 634 g/mol. The summed E-state index contributed by atoms with van der Waals surface area (Å²) < 4.78 is 29.8. The molecule has 0 radical (unpaired) electrons. The van der Waals surface area contributed by atoms with Gasteiger partial charge in [-0.25, -0.2) is 9.79 Å². The maximum absolute atomic E-state index is 14.0. The minimum Gasteiger partial charge on any atom is -0.493 e. The van der Waals surface area contributed by atoms with Crippen molar-refractivity contribution in [2.75, 3.05) is 27.9 Å². The maximum atomic E-state index is 14.0. The summed E-state index contributed by atoms with van der Waals surface area (Å²) >= 11 is 7.22. The van der Waals surface area contributed by atoms with Crippen molar-refractivity contribution in [3.63, 3.8) is 0 Å². The number of halogens is 1. The van der Waals surface area contributed by atoms with Gasteiger partial charge in [-0.15, -0.1) is 0 Å². The Morgan fingerprint density at radius 1 is 0.955 bits per heavy atom. The summed E-state index contributed by atoms with van der Waals surface area (Å²) in [7, 11) is 4.63. The van der Waals surface area contributed by atoms with E-state index in [9.17, 15) is 9.59 Å². The van der Waals surface area contributed by atoms with Crippen molar-refractivity contribution < 1.29 is 28.5 Å². The lowest BCUT2D eigenvalue weighted by Crippen LogP contribution is -2.39. The fourth-order valence-corrected chi connectivity index (χ4v) is 6.09. The first kappa shape index (κ1) is 30.9. The van der Waals surface area contributed by atoms with E-state index < -0.39 is 12.0 Å². The Balaban J connectivity index is 1.56. The highest BCUT2D eigenvalue weighted by Gasteiger charge is 2.34. The SMILES string of the molecule is CCOC(=O)C1=C(C)N=c2sc(=Cc3ccc(OCc4ccc(Cl)cc4)c(OC)c3)c(=O)n2C1c1ccc(OC)c(OC)c1. The molecule has 1 aromatic heterocycles. The van der Waals surface area contributed by atoms with Crippen LogP contribution in [0, 0.1) is 0 Å². The van der Waals surface area contributed by atoms with E-state index in [2.05, 4.69) is 4.99 Å². The Morgan fingerprint density at radius 2 is 1.64 bits per heavy atom. The van der Waals surface area contributed by atoms with Gasteiger partial charge in [0.25, 0.3) is 5.56 Å².